The van der Waals surface area contributed by atoms with E-state index in [-0.39, 0.29) is 5.60 Å². The highest BCUT2D eigenvalue weighted by Gasteiger charge is 2.14. The van der Waals surface area contributed by atoms with Gasteiger partial charge in [0, 0.05) is 27.3 Å². The first-order valence-corrected chi connectivity index (χ1v) is 6.02. The first kappa shape index (κ1) is 16.8. The Balaban J connectivity index is 3.09. The molecule has 0 aromatic carbocycles. The van der Waals surface area contributed by atoms with Crippen LogP contribution in [0.1, 0.15) is 13.8 Å². The number of nitrogens with one attached hydrogen (secondary N) is 1. The van der Waals surface area contributed by atoms with Crippen molar-refractivity contribution in [3.8, 4) is 0 Å². The van der Waals surface area contributed by atoms with Gasteiger partial charge >= 0.3 is 0 Å². The van der Waals surface area contributed by atoms with E-state index in [0.717, 1.165) is 13.1 Å². The summed E-state index contributed by atoms with van der Waals surface area (Å²) < 4.78 is 20.8. The highest BCUT2D eigenvalue weighted by molar-refractivity contribution is 4.70. The summed E-state index contributed by atoms with van der Waals surface area (Å²) in [7, 11) is 3.38. The molecule has 0 saturated heterocycles. The standard InChI is InChI=1S/C12H27NO4/c1-12(2,15-4)11-13-5-6-16-9-10-17-8-7-14-3/h13H,5-11H2,1-4H3. The molecule has 0 saturated carbocycles. The van der Waals surface area contributed by atoms with Crippen LogP contribution in [0.2, 0.25) is 0 Å². The third kappa shape index (κ3) is 12.1. The van der Waals surface area contributed by atoms with E-state index in [1.807, 2.05) is 13.8 Å². The van der Waals surface area contributed by atoms with E-state index in [1.165, 1.54) is 0 Å². The molecule has 0 amide bonds. The molecule has 0 heterocycles. The molecule has 0 aliphatic rings. The van der Waals surface area contributed by atoms with Crippen molar-refractivity contribution in [1.82, 2.24) is 5.32 Å². The van der Waals surface area contributed by atoms with Gasteiger partial charge in [0.2, 0.25) is 0 Å². The van der Waals surface area contributed by atoms with E-state index in [9.17, 15) is 0 Å². The van der Waals surface area contributed by atoms with Crippen molar-refractivity contribution < 1.29 is 18.9 Å². The van der Waals surface area contributed by atoms with Crippen molar-refractivity contribution in [2.75, 3.05) is 60.3 Å². The second-order valence-corrected chi connectivity index (χ2v) is 4.36. The van der Waals surface area contributed by atoms with Gasteiger partial charge in [-0.05, 0) is 13.8 Å². The summed E-state index contributed by atoms with van der Waals surface area (Å²) in [5, 5.41) is 3.28. The summed E-state index contributed by atoms with van der Waals surface area (Å²) in [6.07, 6.45) is 0. The molecule has 0 rings (SSSR count). The van der Waals surface area contributed by atoms with Gasteiger partial charge in [0.1, 0.15) is 0 Å². The molecule has 0 aromatic rings. The lowest BCUT2D eigenvalue weighted by Gasteiger charge is -2.23. The van der Waals surface area contributed by atoms with Crippen molar-refractivity contribution in [2.45, 2.75) is 19.4 Å². The van der Waals surface area contributed by atoms with Crippen LogP contribution in [0.15, 0.2) is 0 Å². The van der Waals surface area contributed by atoms with Crippen molar-refractivity contribution in [3.05, 3.63) is 0 Å². The maximum Gasteiger partial charge on any atom is 0.0746 e. The third-order valence-electron chi connectivity index (χ3n) is 2.33. The summed E-state index contributed by atoms with van der Waals surface area (Å²) >= 11 is 0. The fourth-order valence-electron chi connectivity index (χ4n) is 1.07. The average Bonchev–Trinajstić information content (AvgIpc) is 2.31. The van der Waals surface area contributed by atoms with Gasteiger partial charge in [-0.15, -0.1) is 0 Å². The molecule has 0 aromatic heterocycles. The number of methoxy groups -OCH3 is 2. The molecule has 5 nitrogen and oxygen atoms in total. The lowest BCUT2D eigenvalue weighted by Crippen LogP contribution is -2.38. The van der Waals surface area contributed by atoms with Crippen LogP contribution in [0.4, 0.5) is 0 Å². The quantitative estimate of drug-likeness (QED) is 0.515. The minimum Gasteiger partial charge on any atom is -0.382 e. The first-order valence-electron chi connectivity index (χ1n) is 6.02. The predicted octanol–water partition coefficient (Wildman–Crippen LogP) is 0.681. The smallest absolute Gasteiger partial charge is 0.0746 e. The van der Waals surface area contributed by atoms with Crippen LogP contribution < -0.4 is 5.32 Å². The number of ether oxygens (including phenoxy) is 4. The summed E-state index contributed by atoms with van der Waals surface area (Å²) in [5.74, 6) is 0. The lowest BCUT2D eigenvalue weighted by molar-refractivity contribution is 0.0150. The highest BCUT2D eigenvalue weighted by atomic mass is 16.5. The average molecular weight is 249 g/mol. The molecule has 0 aliphatic carbocycles. The predicted molar refractivity (Wildman–Crippen MR) is 67.5 cm³/mol. The minimum absolute atomic E-state index is 0.122. The molecule has 0 spiro atoms. The molecule has 0 atom stereocenters. The van der Waals surface area contributed by atoms with Crippen LogP contribution in [-0.4, -0.2) is 65.9 Å². The van der Waals surface area contributed by atoms with Crippen molar-refractivity contribution in [3.63, 3.8) is 0 Å². The number of rotatable bonds is 12. The van der Waals surface area contributed by atoms with Crippen LogP contribution in [0, 0.1) is 0 Å². The summed E-state index contributed by atoms with van der Waals surface area (Å²) in [4.78, 5) is 0. The Hall–Kier alpha value is -0.200. The van der Waals surface area contributed by atoms with Crippen LogP contribution in [0.5, 0.6) is 0 Å². The van der Waals surface area contributed by atoms with Crippen LogP contribution in [0.3, 0.4) is 0 Å². The fourth-order valence-corrected chi connectivity index (χ4v) is 1.07. The molecule has 5 heteroatoms. The van der Waals surface area contributed by atoms with Crippen molar-refractivity contribution >= 4 is 0 Å². The monoisotopic (exact) mass is 249 g/mol. The molecule has 17 heavy (non-hydrogen) atoms. The Morgan fingerprint density at radius 1 is 0.882 bits per heavy atom. The molecule has 0 unspecified atom stereocenters. The van der Waals surface area contributed by atoms with Crippen LogP contribution in [0.25, 0.3) is 0 Å². The van der Waals surface area contributed by atoms with Gasteiger partial charge in [0.25, 0.3) is 0 Å². The van der Waals surface area contributed by atoms with Crippen molar-refractivity contribution in [1.29, 1.82) is 0 Å². The van der Waals surface area contributed by atoms with Gasteiger partial charge in [-0.3, -0.25) is 0 Å². The van der Waals surface area contributed by atoms with Crippen molar-refractivity contribution in [2.24, 2.45) is 0 Å². The minimum atomic E-state index is -0.122. The van der Waals surface area contributed by atoms with Gasteiger partial charge < -0.3 is 24.3 Å². The lowest BCUT2D eigenvalue weighted by atomic mass is 10.1. The highest BCUT2D eigenvalue weighted by Crippen LogP contribution is 2.03. The first-order chi connectivity index (χ1) is 8.12. The van der Waals surface area contributed by atoms with Gasteiger partial charge in [-0.1, -0.05) is 0 Å². The zero-order valence-corrected chi connectivity index (χ0v) is 11.6. The third-order valence-corrected chi connectivity index (χ3v) is 2.33. The van der Waals surface area contributed by atoms with E-state index in [4.69, 9.17) is 18.9 Å². The molecular formula is C12H27NO4. The van der Waals surface area contributed by atoms with E-state index < -0.39 is 0 Å². The Labute approximate surface area is 105 Å². The maximum absolute atomic E-state index is 5.39. The van der Waals surface area contributed by atoms with E-state index in [0.29, 0.717) is 33.0 Å². The molecule has 1 N–H and O–H groups in total. The number of hydrogen-bond acceptors (Lipinski definition) is 5. The largest absolute Gasteiger partial charge is 0.382 e. The fraction of sp³-hybridized carbons (Fsp3) is 1.00. The second-order valence-electron chi connectivity index (χ2n) is 4.36. The molecule has 0 bridgehead atoms. The second kappa shape index (κ2) is 10.9. The Morgan fingerprint density at radius 3 is 2.06 bits per heavy atom. The molecule has 0 fully saturated rings. The summed E-state index contributed by atoms with van der Waals surface area (Å²) in [6.45, 7) is 8.92. The zero-order chi connectivity index (χ0) is 13.0. The van der Waals surface area contributed by atoms with Crippen LogP contribution >= 0.6 is 0 Å². The molecule has 0 aliphatic heterocycles. The van der Waals surface area contributed by atoms with E-state index in [2.05, 4.69) is 5.32 Å². The SMILES string of the molecule is COCCOCCOCCNCC(C)(C)OC. The summed E-state index contributed by atoms with van der Waals surface area (Å²) in [6, 6.07) is 0. The van der Waals surface area contributed by atoms with E-state index in [1.54, 1.807) is 14.2 Å². The Kier molecular flexibility index (Phi) is 10.8. The zero-order valence-electron chi connectivity index (χ0n) is 11.6. The topological polar surface area (TPSA) is 49.0 Å². The maximum atomic E-state index is 5.39. The van der Waals surface area contributed by atoms with E-state index >= 15 is 0 Å². The molecule has 0 radical (unpaired) electrons. The van der Waals surface area contributed by atoms with Crippen LogP contribution in [-0.2, 0) is 18.9 Å². The summed E-state index contributed by atoms with van der Waals surface area (Å²) in [5.41, 5.74) is -0.122. The van der Waals surface area contributed by atoms with Gasteiger partial charge in [0.15, 0.2) is 0 Å². The van der Waals surface area contributed by atoms with Gasteiger partial charge in [-0.2, -0.15) is 0 Å². The number of hydrogen-bond donors (Lipinski definition) is 1. The Morgan fingerprint density at radius 2 is 1.47 bits per heavy atom. The Bertz CT molecular complexity index is 165. The van der Waals surface area contributed by atoms with Gasteiger partial charge in [-0.25, -0.2) is 0 Å². The molecule has 104 valence electrons. The van der Waals surface area contributed by atoms with Gasteiger partial charge in [0.05, 0.1) is 38.6 Å². The normalized spacial score (nSPS) is 12.0. The molecular weight excluding hydrogens is 222 g/mol.